The Hall–Kier alpha value is -0.430. The second-order valence-corrected chi connectivity index (χ2v) is 6.33. The number of carbonyl (C=O) groups excluding carboxylic acids is 1. The Kier molecular flexibility index (Phi) is 3.01. The van der Waals surface area contributed by atoms with Crippen molar-refractivity contribution in [3.63, 3.8) is 0 Å². The predicted molar refractivity (Wildman–Crippen MR) is 62.3 cm³/mol. The molecule has 0 aliphatic heterocycles. The molecule has 0 unspecified atom stereocenters. The van der Waals surface area contributed by atoms with Crippen LogP contribution in [0.5, 0.6) is 0 Å². The van der Waals surface area contributed by atoms with Gasteiger partial charge in [0.1, 0.15) is 10.7 Å². The zero-order valence-corrected chi connectivity index (χ0v) is 10.3. The molecule has 0 spiro atoms. The van der Waals surface area contributed by atoms with Crippen LogP contribution in [0, 0.1) is 11.3 Å². The van der Waals surface area contributed by atoms with E-state index in [0.29, 0.717) is 0 Å². The van der Waals surface area contributed by atoms with Crippen molar-refractivity contribution in [2.75, 3.05) is 0 Å². The fourth-order valence-electron chi connectivity index (χ4n) is 1.92. The molecule has 0 aromatic carbocycles. The lowest BCUT2D eigenvalue weighted by Crippen LogP contribution is -2.42. The van der Waals surface area contributed by atoms with E-state index in [1.54, 1.807) is 6.08 Å². The van der Waals surface area contributed by atoms with Crippen molar-refractivity contribution in [2.24, 2.45) is 22.2 Å². The van der Waals surface area contributed by atoms with Gasteiger partial charge in [-0.25, -0.2) is 13.6 Å². The predicted octanol–water partition coefficient (Wildman–Crippen LogP) is -0.0931. The van der Waals surface area contributed by atoms with Gasteiger partial charge in [0, 0.05) is 5.41 Å². The van der Waals surface area contributed by atoms with E-state index in [0.717, 1.165) is 12.8 Å². The number of hydrogen-bond donors (Lipinski definition) is 2. The van der Waals surface area contributed by atoms with E-state index in [2.05, 4.69) is 6.58 Å². The van der Waals surface area contributed by atoms with Crippen LogP contribution in [0.1, 0.15) is 19.3 Å². The first kappa shape index (κ1) is 13.6. The average Bonchev–Trinajstić information content (AvgIpc) is 2.97. The zero-order valence-electron chi connectivity index (χ0n) is 8.68. The maximum absolute atomic E-state index is 11.9. The number of carbonyl (C=O) groups is 1. The molecule has 2 saturated carbocycles. The first-order chi connectivity index (χ1) is 6.77. The van der Waals surface area contributed by atoms with Gasteiger partial charge >= 0.3 is 0 Å². The number of ketones is 1. The summed E-state index contributed by atoms with van der Waals surface area (Å²) in [6.07, 6.45) is 3.22. The maximum atomic E-state index is 11.9. The number of allylic oxidation sites excluding steroid dienone is 1. The Morgan fingerprint density at radius 3 is 2.19 bits per heavy atom. The van der Waals surface area contributed by atoms with E-state index >= 15 is 0 Å². The molecule has 16 heavy (non-hydrogen) atoms. The summed E-state index contributed by atoms with van der Waals surface area (Å²) in [7, 11) is -3.84. The number of hydrogen-bond acceptors (Lipinski definition) is 4. The van der Waals surface area contributed by atoms with Crippen molar-refractivity contribution in [1.82, 2.24) is 0 Å². The fraction of sp³-hybridized carbons (Fsp3) is 0.667. The van der Waals surface area contributed by atoms with E-state index in [1.165, 1.54) is 0 Å². The molecule has 0 heterocycles. The Morgan fingerprint density at radius 2 is 1.94 bits per heavy atom. The minimum Gasteiger partial charge on any atom is -0.311 e. The molecule has 0 aromatic rings. The molecule has 7 heteroatoms. The van der Waals surface area contributed by atoms with Crippen LogP contribution in [-0.4, -0.2) is 19.1 Å². The maximum Gasteiger partial charge on any atom is 0.228 e. The molecule has 0 bridgehead atoms. The van der Waals surface area contributed by atoms with Crippen LogP contribution in [0.4, 0.5) is 0 Å². The van der Waals surface area contributed by atoms with Crippen molar-refractivity contribution in [2.45, 2.75) is 24.1 Å². The summed E-state index contributed by atoms with van der Waals surface area (Å²) in [5.74, 6) is -0.762. The molecule has 0 amide bonds. The van der Waals surface area contributed by atoms with E-state index in [4.69, 9.17) is 10.9 Å². The number of primary sulfonamides is 1. The highest BCUT2D eigenvalue weighted by Crippen LogP contribution is 2.56. The Bertz CT molecular complexity index is 444. The number of halogens is 1. The van der Waals surface area contributed by atoms with Gasteiger partial charge in [-0.05, 0) is 19.3 Å². The van der Waals surface area contributed by atoms with Crippen LogP contribution in [0.3, 0.4) is 0 Å². The van der Waals surface area contributed by atoms with E-state index < -0.39 is 26.2 Å². The molecule has 4 N–H and O–H groups in total. The third kappa shape index (κ3) is 1.69. The molecule has 2 fully saturated rings. The summed E-state index contributed by atoms with van der Waals surface area (Å²) in [6.45, 7) is 3.59. The highest BCUT2D eigenvalue weighted by molar-refractivity contribution is 7.90. The molecule has 2 aliphatic rings. The van der Waals surface area contributed by atoms with Gasteiger partial charge in [0.2, 0.25) is 10.0 Å². The van der Waals surface area contributed by atoms with Crippen molar-refractivity contribution >= 4 is 28.2 Å². The van der Waals surface area contributed by atoms with Crippen LogP contribution < -0.4 is 10.9 Å². The Morgan fingerprint density at radius 1 is 1.44 bits per heavy atom. The molecule has 0 radical (unpaired) electrons. The molecule has 92 valence electrons. The quantitative estimate of drug-likeness (QED) is 0.694. The minimum absolute atomic E-state index is 0. The first-order valence-electron chi connectivity index (χ1n) is 4.76. The van der Waals surface area contributed by atoms with Crippen LogP contribution in [0.25, 0.3) is 0 Å². The molecule has 0 aromatic heterocycles. The molecular formula is C9H15ClN2O3S. The third-order valence-electron chi connectivity index (χ3n) is 3.47. The van der Waals surface area contributed by atoms with Gasteiger partial charge in [-0.2, -0.15) is 0 Å². The lowest BCUT2D eigenvalue weighted by atomic mass is 9.97. The second-order valence-electron chi connectivity index (χ2n) is 4.48. The van der Waals surface area contributed by atoms with Gasteiger partial charge < -0.3 is 5.73 Å². The lowest BCUT2D eigenvalue weighted by molar-refractivity contribution is -0.124. The molecular weight excluding hydrogens is 252 g/mol. The lowest BCUT2D eigenvalue weighted by Gasteiger charge is -2.11. The van der Waals surface area contributed by atoms with Crippen molar-refractivity contribution in [3.8, 4) is 0 Å². The highest BCUT2D eigenvalue weighted by atomic mass is 35.5. The molecule has 0 saturated heterocycles. The van der Waals surface area contributed by atoms with E-state index in [1.807, 2.05) is 0 Å². The van der Waals surface area contributed by atoms with Crippen LogP contribution in [0.2, 0.25) is 0 Å². The van der Waals surface area contributed by atoms with Gasteiger partial charge in [-0.15, -0.1) is 19.0 Å². The summed E-state index contributed by atoms with van der Waals surface area (Å²) in [5.41, 5.74) is 5.06. The average molecular weight is 267 g/mol. The summed E-state index contributed by atoms with van der Waals surface area (Å²) in [6, 6.07) is 0. The van der Waals surface area contributed by atoms with E-state index in [-0.39, 0.29) is 24.6 Å². The van der Waals surface area contributed by atoms with Crippen LogP contribution in [0.15, 0.2) is 12.7 Å². The van der Waals surface area contributed by atoms with Gasteiger partial charge in [-0.1, -0.05) is 6.08 Å². The summed E-state index contributed by atoms with van der Waals surface area (Å²) < 4.78 is 22.3. The van der Waals surface area contributed by atoms with Gasteiger partial charge in [0.15, 0.2) is 0 Å². The van der Waals surface area contributed by atoms with Gasteiger partial charge in [0.25, 0.3) is 0 Å². The van der Waals surface area contributed by atoms with Crippen LogP contribution in [-0.2, 0) is 14.8 Å². The topological polar surface area (TPSA) is 103 Å². The van der Waals surface area contributed by atoms with E-state index in [9.17, 15) is 13.2 Å². The van der Waals surface area contributed by atoms with Crippen molar-refractivity contribution in [1.29, 1.82) is 0 Å². The smallest absolute Gasteiger partial charge is 0.228 e. The largest absolute Gasteiger partial charge is 0.311 e. The molecule has 2 aliphatic carbocycles. The Labute approximate surface area is 101 Å². The number of rotatable bonds is 4. The van der Waals surface area contributed by atoms with Crippen molar-refractivity contribution < 1.29 is 13.2 Å². The third-order valence-corrected chi connectivity index (χ3v) is 4.98. The SMILES string of the molecule is C=CC1(C(=O)[C@H]2C[C@@]2(N)S(N)(=O)=O)CC1.Cl. The zero-order chi connectivity index (χ0) is 11.5. The van der Waals surface area contributed by atoms with Crippen molar-refractivity contribution in [3.05, 3.63) is 12.7 Å². The number of Topliss-reactive ketones (excluding diaryl/α,β-unsaturated/α-hetero) is 1. The summed E-state index contributed by atoms with van der Waals surface area (Å²) in [5, 5.41) is 4.98. The Balaban J connectivity index is 0.00000128. The summed E-state index contributed by atoms with van der Waals surface area (Å²) in [4.78, 5) is 10.4. The van der Waals surface area contributed by atoms with Gasteiger partial charge in [-0.3, -0.25) is 4.79 Å². The minimum atomic E-state index is -3.84. The summed E-state index contributed by atoms with van der Waals surface area (Å²) >= 11 is 0. The fourth-order valence-corrected chi connectivity index (χ4v) is 2.82. The van der Waals surface area contributed by atoms with Gasteiger partial charge in [0.05, 0.1) is 5.92 Å². The number of sulfonamides is 1. The molecule has 2 atom stereocenters. The second kappa shape index (κ2) is 3.53. The normalized spacial score (nSPS) is 34.8. The standard InChI is InChI=1S/C9H14N2O3S.ClH/c1-2-8(3-4-8)7(12)6-5-9(6,10)15(11,13)14;/h2,6H,1,3-5,10H2,(H2,11,13,14);1H/t6-,9-;/m1./s1. The highest BCUT2D eigenvalue weighted by Gasteiger charge is 2.67. The monoisotopic (exact) mass is 266 g/mol. The molecule has 2 rings (SSSR count). The first-order valence-corrected chi connectivity index (χ1v) is 6.31. The van der Waals surface area contributed by atoms with Crippen LogP contribution >= 0.6 is 12.4 Å². The number of nitrogens with two attached hydrogens (primary N) is 2. The molecule has 5 nitrogen and oxygen atoms in total.